The minimum absolute atomic E-state index is 0.795. The van der Waals surface area contributed by atoms with Crippen LogP contribution in [0.1, 0.15) is 23.7 Å². The SMILES string of the molecule is CCc1ccccc1Cn1c(C)c[nH]c1=S. The molecule has 0 amide bonds. The summed E-state index contributed by atoms with van der Waals surface area (Å²) in [5.74, 6) is 0. The molecule has 16 heavy (non-hydrogen) atoms. The smallest absolute Gasteiger partial charge is 0.177 e. The number of aromatic amines is 1. The van der Waals surface area contributed by atoms with Crippen molar-refractivity contribution < 1.29 is 0 Å². The second-order valence-corrected chi connectivity index (χ2v) is 4.33. The fraction of sp³-hybridized carbons (Fsp3) is 0.308. The molecule has 1 heterocycles. The summed E-state index contributed by atoms with van der Waals surface area (Å²) in [6.07, 6.45) is 3.02. The number of rotatable bonds is 3. The summed E-state index contributed by atoms with van der Waals surface area (Å²) >= 11 is 5.26. The van der Waals surface area contributed by atoms with E-state index < -0.39 is 0 Å². The molecule has 0 aliphatic heterocycles. The van der Waals surface area contributed by atoms with Crippen LogP contribution >= 0.6 is 12.2 Å². The summed E-state index contributed by atoms with van der Waals surface area (Å²) in [6, 6.07) is 8.53. The van der Waals surface area contributed by atoms with Crippen molar-refractivity contribution in [1.29, 1.82) is 0 Å². The minimum atomic E-state index is 0.795. The van der Waals surface area contributed by atoms with Gasteiger partial charge in [-0.1, -0.05) is 31.2 Å². The lowest BCUT2D eigenvalue weighted by molar-refractivity contribution is 0.750. The van der Waals surface area contributed by atoms with Crippen LogP contribution in [0.4, 0.5) is 0 Å². The Balaban J connectivity index is 2.37. The van der Waals surface area contributed by atoms with Crippen LogP contribution in [0.5, 0.6) is 0 Å². The van der Waals surface area contributed by atoms with Gasteiger partial charge in [0.1, 0.15) is 0 Å². The van der Waals surface area contributed by atoms with Crippen molar-refractivity contribution in [3.63, 3.8) is 0 Å². The van der Waals surface area contributed by atoms with Gasteiger partial charge in [-0.25, -0.2) is 0 Å². The highest BCUT2D eigenvalue weighted by Gasteiger charge is 2.03. The van der Waals surface area contributed by atoms with E-state index >= 15 is 0 Å². The first-order valence-corrected chi connectivity index (χ1v) is 5.94. The molecule has 2 nitrogen and oxygen atoms in total. The summed E-state index contributed by atoms with van der Waals surface area (Å²) < 4.78 is 2.92. The molecule has 84 valence electrons. The summed E-state index contributed by atoms with van der Waals surface area (Å²) in [6.45, 7) is 5.11. The zero-order chi connectivity index (χ0) is 11.5. The average molecular weight is 232 g/mol. The number of aromatic nitrogens is 2. The van der Waals surface area contributed by atoms with Crippen LogP contribution in [0, 0.1) is 11.7 Å². The van der Waals surface area contributed by atoms with Gasteiger partial charge in [-0.3, -0.25) is 0 Å². The minimum Gasteiger partial charge on any atom is -0.337 e. The van der Waals surface area contributed by atoms with Crippen molar-refractivity contribution in [2.45, 2.75) is 26.8 Å². The van der Waals surface area contributed by atoms with E-state index in [9.17, 15) is 0 Å². The van der Waals surface area contributed by atoms with E-state index in [1.54, 1.807) is 0 Å². The molecule has 1 N–H and O–H groups in total. The predicted molar refractivity (Wildman–Crippen MR) is 69.3 cm³/mol. The van der Waals surface area contributed by atoms with Crippen molar-refractivity contribution in [2.24, 2.45) is 0 Å². The largest absolute Gasteiger partial charge is 0.337 e. The second-order valence-electron chi connectivity index (χ2n) is 3.94. The Kier molecular flexibility index (Phi) is 3.25. The van der Waals surface area contributed by atoms with Crippen LogP contribution in [0.25, 0.3) is 0 Å². The highest BCUT2D eigenvalue weighted by Crippen LogP contribution is 2.13. The maximum Gasteiger partial charge on any atom is 0.177 e. The van der Waals surface area contributed by atoms with Gasteiger partial charge in [0, 0.05) is 11.9 Å². The Bertz CT molecular complexity index is 537. The zero-order valence-electron chi connectivity index (χ0n) is 9.66. The molecule has 0 unspecified atom stereocenters. The Morgan fingerprint density at radius 1 is 1.25 bits per heavy atom. The summed E-state index contributed by atoms with van der Waals surface area (Å²) in [4.78, 5) is 3.07. The maximum absolute atomic E-state index is 5.26. The molecule has 0 saturated carbocycles. The third kappa shape index (κ3) is 2.09. The molecular formula is C13H16N2S. The van der Waals surface area contributed by atoms with Gasteiger partial charge in [0.2, 0.25) is 0 Å². The molecule has 0 bridgehead atoms. The third-order valence-electron chi connectivity index (χ3n) is 2.90. The molecule has 1 aromatic carbocycles. The Labute approximate surface area is 101 Å². The van der Waals surface area contributed by atoms with Gasteiger partial charge in [-0.15, -0.1) is 0 Å². The maximum atomic E-state index is 5.26. The highest BCUT2D eigenvalue weighted by atomic mass is 32.1. The summed E-state index contributed by atoms with van der Waals surface area (Å²) in [7, 11) is 0. The molecule has 0 atom stereocenters. The number of hydrogen-bond acceptors (Lipinski definition) is 1. The number of benzene rings is 1. The van der Waals surface area contributed by atoms with E-state index in [1.165, 1.54) is 16.8 Å². The molecule has 1 aromatic heterocycles. The van der Waals surface area contributed by atoms with Gasteiger partial charge in [-0.05, 0) is 36.7 Å². The molecule has 0 aliphatic rings. The van der Waals surface area contributed by atoms with Crippen LogP contribution in [-0.4, -0.2) is 9.55 Å². The lowest BCUT2D eigenvalue weighted by Gasteiger charge is -2.09. The number of aryl methyl sites for hydroxylation is 2. The Morgan fingerprint density at radius 2 is 1.94 bits per heavy atom. The zero-order valence-corrected chi connectivity index (χ0v) is 10.5. The molecule has 0 aliphatic carbocycles. The van der Waals surface area contributed by atoms with Crippen molar-refractivity contribution >= 4 is 12.2 Å². The van der Waals surface area contributed by atoms with E-state index in [0.717, 1.165) is 17.7 Å². The van der Waals surface area contributed by atoms with E-state index in [0.29, 0.717) is 0 Å². The van der Waals surface area contributed by atoms with E-state index in [-0.39, 0.29) is 0 Å². The lowest BCUT2D eigenvalue weighted by atomic mass is 10.1. The van der Waals surface area contributed by atoms with Crippen LogP contribution in [0.15, 0.2) is 30.5 Å². The van der Waals surface area contributed by atoms with Gasteiger partial charge >= 0.3 is 0 Å². The normalized spacial score (nSPS) is 10.6. The van der Waals surface area contributed by atoms with Crippen LogP contribution in [-0.2, 0) is 13.0 Å². The van der Waals surface area contributed by atoms with Gasteiger partial charge in [0.05, 0.1) is 6.54 Å². The van der Waals surface area contributed by atoms with Crippen molar-refractivity contribution in [1.82, 2.24) is 9.55 Å². The second kappa shape index (κ2) is 4.66. The van der Waals surface area contributed by atoms with Gasteiger partial charge in [0.15, 0.2) is 4.77 Å². The summed E-state index contributed by atoms with van der Waals surface area (Å²) in [5, 5.41) is 0. The summed E-state index contributed by atoms with van der Waals surface area (Å²) in [5.41, 5.74) is 3.92. The van der Waals surface area contributed by atoms with Crippen molar-refractivity contribution in [3.8, 4) is 0 Å². The third-order valence-corrected chi connectivity index (χ3v) is 3.24. The van der Waals surface area contributed by atoms with Gasteiger partial charge in [-0.2, -0.15) is 0 Å². The Hall–Kier alpha value is -1.35. The molecule has 2 rings (SSSR count). The van der Waals surface area contributed by atoms with E-state index in [2.05, 4.69) is 47.7 Å². The molecule has 0 saturated heterocycles. The monoisotopic (exact) mass is 232 g/mol. The molecule has 0 radical (unpaired) electrons. The predicted octanol–water partition coefficient (Wildman–Crippen LogP) is 3.46. The first-order valence-electron chi connectivity index (χ1n) is 5.54. The molecule has 0 fully saturated rings. The molecular weight excluding hydrogens is 216 g/mol. The van der Waals surface area contributed by atoms with Crippen LogP contribution in [0.3, 0.4) is 0 Å². The number of hydrogen-bond donors (Lipinski definition) is 1. The quantitative estimate of drug-likeness (QED) is 0.804. The highest BCUT2D eigenvalue weighted by molar-refractivity contribution is 7.71. The number of imidazole rings is 1. The molecule has 3 heteroatoms. The van der Waals surface area contributed by atoms with E-state index in [4.69, 9.17) is 12.2 Å². The van der Waals surface area contributed by atoms with E-state index in [1.807, 2.05) is 6.20 Å². The fourth-order valence-corrected chi connectivity index (χ4v) is 2.17. The topological polar surface area (TPSA) is 20.7 Å². The van der Waals surface area contributed by atoms with Gasteiger partial charge < -0.3 is 9.55 Å². The molecule has 2 aromatic rings. The first-order chi connectivity index (χ1) is 7.72. The average Bonchev–Trinajstić information content (AvgIpc) is 2.61. The van der Waals surface area contributed by atoms with Gasteiger partial charge in [0.25, 0.3) is 0 Å². The number of nitrogens with zero attached hydrogens (tertiary/aromatic N) is 1. The standard InChI is InChI=1S/C13H16N2S/c1-3-11-6-4-5-7-12(11)9-15-10(2)8-14-13(15)16/h4-8H,3,9H2,1-2H3,(H,14,16). The first kappa shape index (κ1) is 11.1. The number of nitrogens with one attached hydrogen (secondary N) is 1. The van der Waals surface area contributed by atoms with Crippen LogP contribution in [0.2, 0.25) is 0 Å². The molecule has 0 spiro atoms. The number of H-pyrrole nitrogens is 1. The fourth-order valence-electron chi connectivity index (χ4n) is 1.91. The van der Waals surface area contributed by atoms with Crippen LogP contribution < -0.4 is 0 Å². The van der Waals surface area contributed by atoms with Crippen molar-refractivity contribution in [2.75, 3.05) is 0 Å². The van der Waals surface area contributed by atoms with Crippen molar-refractivity contribution in [3.05, 3.63) is 52.1 Å². The Morgan fingerprint density at radius 3 is 2.50 bits per heavy atom. The lowest BCUT2D eigenvalue weighted by Crippen LogP contribution is -2.04.